The number of benzene rings is 1. The molecule has 0 unspecified atom stereocenters. The van der Waals surface area contributed by atoms with Crippen molar-refractivity contribution in [1.29, 1.82) is 0 Å². The maximum absolute atomic E-state index is 13.2. The van der Waals surface area contributed by atoms with Crippen LogP contribution in [0.2, 0.25) is 13.7 Å². The van der Waals surface area contributed by atoms with Gasteiger partial charge in [-0.05, 0) is 24.3 Å². The molecule has 0 fully saturated rings. The summed E-state index contributed by atoms with van der Waals surface area (Å²) < 4.78 is 13.9. The van der Waals surface area contributed by atoms with Gasteiger partial charge in [-0.3, -0.25) is 4.79 Å². The average Bonchev–Trinajstić information content (AvgIpc) is 2.61. The number of halogens is 4. The molecule has 0 saturated heterocycles. The highest BCUT2D eigenvalue weighted by atomic mass is 35.5. The van der Waals surface area contributed by atoms with Crippen LogP contribution in [0, 0.1) is 5.82 Å². The third kappa shape index (κ3) is 2.63. The van der Waals surface area contributed by atoms with Crippen LogP contribution in [-0.2, 0) is 0 Å². The highest BCUT2D eigenvalue weighted by Crippen LogP contribution is 2.32. The van der Waals surface area contributed by atoms with Crippen molar-refractivity contribution >= 4 is 51.9 Å². The number of hydrogen-bond acceptors (Lipinski definition) is 2. The normalized spacial score (nSPS) is 10.6. The summed E-state index contributed by atoms with van der Waals surface area (Å²) in [5, 5.41) is -0.0315. The van der Waals surface area contributed by atoms with Crippen molar-refractivity contribution < 1.29 is 9.18 Å². The predicted octanol–water partition coefficient (Wildman–Crippen LogP) is 5.08. The molecular formula is C11H4Cl3FOS. The van der Waals surface area contributed by atoms with Gasteiger partial charge in [-0.1, -0.05) is 34.8 Å². The highest BCUT2D eigenvalue weighted by Gasteiger charge is 2.17. The fourth-order valence-corrected chi connectivity index (χ4v) is 2.86. The first-order valence-electron chi connectivity index (χ1n) is 4.43. The molecule has 6 heteroatoms. The Morgan fingerprint density at radius 1 is 1.18 bits per heavy atom. The van der Waals surface area contributed by atoms with Gasteiger partial charge in [0.2, 0.25) is 0 Å². The molecule has 1 heterocycles. The molecule has 0 N–H and O–H groups in total. The van der Waals surface area contributed by atoms with E-state index in [0.29, 0.717) is 4.34 Å². The lowest BCUT2D eigenvalue weighted by atomic mass is 10.1. The Labute approximate surface area is 116 Å². The van der Waals surface area contributed by atoms with Crippen LogP contribution >= 0.6 is 46.1 Å². The Kier molecular flexibility index (Phi) is 3.73. The van der Waals surface area contributed by atoms with Gasteiger partial charge in [0.1, 0.15) is 10.2 Å². The van der Waals surface area contributed by atoms with Gasteiger partial charge in [0.05, 0.1) is 14.9 Å². The Morgan fingerprint density at radius 3 is 2.41 bits per heavy atom. The van der Waals surface area contributed by atoms with E-state index in [0.717, 1.165) is 17.4 Å². The van der Waals surface area contributed by atoms with E-state index in [1.165, 1.54) is 18.2 Å². The van der Waals surface area contributed by atoms with Crippen molar-refractivity contribution in [2.24, 2.45) is 0 Å². The smallest absolute Gasteiger partial charge is 0.195 e. The van der Waals surface area contributed by atoms with Crippen LogP contribution < -0.4 is 0 Å². The first kappa shape index (κ1) is 12.8. The second-order valence-electron chi connectivity index (χ2n) is 3.20. The summed E-state index contributed by atoms with van der Waals surface area (Å²) in [6, 6.07) is 5.30. The number of rotatable bonds is 2. The monoisotopic (exact) mass is 308 g/mol. The summed E-state index contributed by atoms with van der Waals surface area (Å²) in [7, 11) is 0. The largest absolute Gasteiger partial charge is 0.289 e. The van der Waals surface area contributed by atoms with E-state index in [1.807, 2.05) is 0 Å². The molecule has 0 atom stereocenters. The predicted molar refractivity (Wildman–Crippen MR) is 69.2 cm³/mol. The third-order valence-electron chi connectivity index (χ3n) is 2.08. The summed E-state index contributed by atoms with van der Waals surface area (Å²) in [6.07, 6.45) is 0. The van der Waals surface area contributed by atoms with Crippen LogP contribution in [0.5, 0.6) is 0 Å². The quantitative estimate of drug-likeness (QED) is 0.707. The molecule has 0 aliphatic rings. The fraction of sp³-hybridized carbons (Fsp3) is 0. The number of hydrogen-bond donors (Lipinski definition) is 0. The summed E-state index contributed by atoms with van der Waals surface area (Å²) in [6.45, 7) is 0. The minimum absolute atomic E-state index is 0.0315. The van der Waals surface area contributed by atoms with Gasteiger partial charge < -0.3 is 0 Å². The van der Waals surface area contributed by atoms with Gasteiger partial charge in [-0.25, -0.2) is 4.39 Å². The van der Waals surface area contributed by atoms with Gasteiger partial charge in [0.15, 0.2) is 5.78 Å². The summed E-state index contributed by atoms with van der Waals surface area (Å²) in [5.74, 6) is -1.02. The molecule has 2 rings (SSSR count). The van der Waals surface area contributed by atoms with E-state index < -0.39 is 5.82 Å². The van der Waals surface area contributed by atoms with Gasteiger partial charge in [0.25, 0.3) is 0 Å². The molecule has 1 aromatic heterocycles. The SMILES string of the molecule is O=C(c1ccc(Cl)c(F)c1)c1cc(Cl)sc1Cl. The van der Waals surface area contributed by atoms with Crippen LogP contribution in [0.25, 0.3) is 0 Å². The van der Waals surface area contributed by atoms with Crippen LogP contribution in [-0.4, -0.2) is 5.78 Å². The molecule has 88 valence electrons. The lowest BCUT2D eigenvalue weighted by Gasteiger charge is -2.00. The van der Waals surface area contributed by atoms with E-state index >= 15 is 0 Å². The highest BCUT2D eigenvalue weighted by molar-refractivity contribution is 7.20. The van der Waals surface area contributed by atoms with E-state index in [4.69, 9.17) is 34.8 Å². The first-order valence-corrected chi connectivity index (χ1v) is 6.38. The summed E-state index contributed by atoms with van der Waals surface area (Å²) in [4.78, 5) is 12.0. The molecular weight excluding hydrogens is 306 g/mol. The van der Waals surface area contributed by atoms with Crippen molar-refractivity contribution in [1.82, 2.24) is 0 Å². The summed E-state index contributed by atoms with van der Waals surface area (Å²) >= 11 is 18.2. The molecule has 2 aromatic rings. The van der Waals surface area contributed by atoms with Gasteiger partial charge in [-0.15, -0.1) is 11.3 Å². The molecule has 17 heavy (non-hydrogen) atoms. The zero-order valence-corrected chi connectivity index (χ0v) is 11.2. The van der Waals surface area contributed by atoms with Gasteiger partial charge >= 0.3 is 0 Å². The Morgan fingerprint density at radius 2 is 1.88 bits per heavy atom. The Hall–Kier alpha value is -0.610. The molecule has 0 radical (unpaired) electrons. The zero-order chi connectivity index (χ0) is 12.6. The number of carbonyl (C=O) groups is 1. The van der Waals surface area contributed by atoms with Crippen molar-refractivity contribution in [3.63, 3.8) is 0 Å². The van der Waals surface area contributed by atoms with Crippen LogP contribution in [0.1, 0.15) is 15.9 Å². The second-order valence-corrected chi connectivity index (χ2v) is 5.89. The zero-order valence-electron chi connectivity index (χ0n) is 8.14. The van der Waals surface area contributed by atoms with Crippen LogP contribution in [0.15, 0.2) is 24.3 Å². The molecule has 0 amide bonds. The molecule has 0 saturated carbocycles. The molecule has 0 bridgehead atoms. The standard InChI is InChI=1S/C11H4Cl3FOS/c12-7-2-1-5(3-8(7)15)10(16)6-4-9(13)17-11(6)14/h1-4H. The topological polar surface area (TPSA) is 17.1 Å². The first-order chi connectivity index (χ1) is 7.99. The third-order valence-corrected chi connectivity index (χ3v) is 3.88. The van der Waals surface area contributed by atoms with Crippen molar-refractivity contribution in [3.8, 4) is 0 Å². The van der Waals surface area contributed by atoms with E-state index in [2.05, 4.69) is 0 Å². The van der Waals surface area contributed by atoms with Crippen molar-refractivity contribution in [3.05, 3.63) is 54.9 Å². The maximum Gasteiger partial charge on any atom is 0.195 e. The van der Waals surface area contributed by atoms with Crippen molar-refractivity contribution in [2.75, 3.05) is 0 Å². The van der Waals surface area contributed by atoms with Crippen molar-refractivity contribution in [2.45, 2.75) is 0 Å². The van der Waals surface area contributed by atoms with E-state index in [1.54, 1.807) is 0 Å². The number of carbonyl (C=O) groups excluding carboxylic acids is 1. The van der Waals surface area contributed by atoms with E-state index in [9.17, 15) is 9.18 Å². The average molecular weight is 310 g/mol. The maximum atomic E-state index is 13.2. The van der Waals surface area contributed by atoms with Gasteiger partial charge in [-0.2, -0.15) is 0 Å². The fourth-order valence-electron chi connectivity index (χ4n) is 1.29. The lowest BCUT2D eigenvalue weighted by molar-refractivity contribution is 0.103. The molecule has 1 aromatic carbocycles. The number of thiophene rings is 1. The minimum Gasteiger partial charge on any atom is -0.289 e. The molecule has 0 aliphatic carbocycles. The Bertz CT molecular complexity index is 594. The molecule has 0 aliphatic heterocycles. The van der Waals surface area contributed by atoms with Crippen LogP contribution in [0.3, 0.4) is 0 Å². The second kappa shape index (κ2) is 4.94. The lowest BCUT2D eigenvalue weighted by Crippen LogP contribution is -2.00. The van der Waals surface area contributed by atoms with Crippen LogP contribution in [0.4, 0.5) is 4.39 Å². The summed E-state index contributed by atoms with van der Waals surface area (Å²) in [5.41, 5.74) is 0.451. The minimum atomic E-state index is -0.644. The molecule has 0 spiro atoms. The molecule has 1 nitrogen and oxygen atoms in total. The van der Waals surface area contributed by atoms with E-state index in [-0.39, 0.29) is 26.3 Å². The Balaban J connectivity index is 2.44. The van der Waals surface area contributed by atoms with Gasteiger partial charge in [0, 0.05) is 5.56 Å². The number of ketones is 1.